The third-order valence-corrected chi connectivity index (χ3v) is 6.88. The van der Waals surface area contributed by atoms with E-state index < -0.39 is 0 Å². The maximum Gasteiger partial charge on any atom is 0.225 e. The Labute approximate surface area is 212 Å². The van der Waals surface area contributed by atoms with Gasteiger partial charge in [-0.3, -0.25) is 9.59 Å². The molecule has 8 nitrogen and oxygen atoms in total. The van der Waals surface area contributed by atoms with Gasteiger partial charge in [0, 0.05) is 37.9 Å². The number of rotatable bonds is 13. The number of unbranched alkanes of at least 4 members (excludes halogenated alkanes) is 2. The first-order valence-electron chi connectivity index (χ1n) is 12.9. The number of pyridine rings is 1. The lowest BCUT2D eigenvalue weighted by Crippen LogP contribution is -2.52. The van der Waals surface area contributed by atoms with Crippen LogP contribution in [0, 0.1) is 5.92 Å². The van der Waals surface area contributed by atoms with Crippen molar-refractivity contribution in [1.82, 2.24) is 20.2 Å². The van der Waals surface area contributed by atoms with Crippen molar-refractivity contribution >= 4 is 22.6 Å². The summed E-state index contributed by atoms with van der Waals surface area (Å²) in [6.07, 6.45) is 6.53. The van der Waals surface area contributed by atoms with Gasteiger partial charge in [0.25, 0.3) is 0 Å². The van der Waals surface area contributed by atoms with Crippen molar-refractivity contribution in [2.24, 2.45) is 5.92 Å². The van der Waals surface area contributed by atoms with Gasteiger partial charge in [0.1, 0.15) is 5.78 Å². The number of Topliss-reactive ketones (excluding diaryl/α,β-unsaturated/α-hetero) is 1. The number of para-hydroxylation sites is 1. The molecule has 2 aromatic heterocycles. The Morgan fingerprint density at radius 2 is 2.03 bits per heavy atom. The quantitative estimate of drug-likeness (QED) is 0.349. The topological polar surface area (TPSA) is 97.6 Å². The molecular weight excluding hydrogens is 456 g/mol. The van der Waals surface area contributed by atoms with E-state index in [0.717, 1.165) is 55.2 Å². The molecule has 0 saturated carbocycles. The fourth-order valence-corrected chi connectivity index (χ4v) is 4.64. The number of carbonyl (C=O) groups is 2. The molecule has 1 aliphatic rings. The van der Waals surface area contributed by atoms with E-state index >= 15 is 0 Å². The van der Waals surface area contributed by atoms with E-state index in [1.807, 2.05) is 44.3 Å². The maximum absolute atomic E-state index is 12.6. The molecule has 192 valence electrons. The fourth-order valence-electron chi connectivity index (χ4n) is 4.64. The first-order valence-corrected chi connectivity index (χ1v) is 12.9. The summed E-state index contributed by atoms with van der Waals surface area (Å²) in [4.78, 5) is 35.5. The molecule has 1 amide bonds. The van der Waals surface area contributed by atoms with Gasteiger partial charge >= 0.3 is 0 Å². The number of benzene rings is 1. The van der Waals surface area contributed by atoms with Crippen LogP contribution in [0.15, 0.2) is 40.9 Å². The molecule has 1 atom stereocenters. The Balaban J connectivity index is 1.48. The van der Waals surface area contributed by atoms with Gasteiger partial charge in [0.15, 0.2) is 11.7 Å². The standard InChI is InChI=1S/C28H36N4O4/c1-4-22(33)12-7-5-6-11-20(15-29-26(34)21-17-32(2)18-21)27-30-16-25(36-27)23-14-19-10-8-9-13-24(19)31-28(23)35-3/h8-10,13-14,16,20-21H,4-7,11-12,15,17-18H2,1-3H3,(H,29,34). The van der Waals surface area contributed by atoms with E-state index in [0.29, 0.717) is 42.7 Å². The summed E-state index contributed by atoms with van der Waals surface area (Å²) < 4.78 is 11.8. The molecule has 1 aliphatic heterocycles. The van der Waals surface area contributed by atoms with Crippen LogP contribution in [-0.4, -0.2) is 60.4 Å². The third-order valence-electron chi connectivity index (χ3n) is 6.88. The number of ketones is 1. The van der Waals surface area contributed by atoms with Gasteiger partial charge in [-0.1, -0.05) is 38.0 Å². The van der Waals surface area contributed by atoms with Crippen LogP contribution < -0.4 is 10.1 Å². The number of nitrogens with zero attached hydrogens (tertiary/aromatic N) is 3. The van der Waals surface area contributed by atoms with E-state index in [9.17, 15) is 9.59 Å². The summed E-state index contributed by atoms with van der Waals surface area (Å²) in [6, 6.07) is 9.86. The molecule has 4 rings (SSSR count). The highest BCUT2D eigenvalue weighted by Gasteiger charge is 2.30. The molecule has 0 bridgehead atoms. The minimum Gasteiger partial charge on any atom is -0.480 e. The highest BCUT2D eigenvalue weighted by Crippen LogP contribution is 2.34. The van der Waals surface area contributed by atoms with Crippen LogP contribution in [0.3, 0.4) is 0 Å². The molecule has 3 aromatic rings. The van der Waals surface area contributed by atoms with Gasteiger partial charge < -0.3 is 19.4 Å². The Kier molecular flexibility index (Phi) is 8.70. The molecule has 3 heterocycles. The summed E-state index contributed by atoms with van der Waals surface area (Å²) in [5.74, 6) is 2.04. The number of fused-ring (bicyclic) bond motifs is 1. The van der Waals surface area contributed by atoms with E-state index in [1.54, 1.807) is 13.3 Å². The Hall–Kier alpha value is -3.26. The smallest absolute Gasteiger partial charge is 0.225 e. The van der Waals surface area contributed by atoms with E-state index in [-0.39, 0.29) is 17.7 Å². The lowest BCUT2D eigenvalue weighted by Gasteiger charge is -2.35. The Morgan fingerprint density at radius 1 is 1.22 bits per heavy atom. The molecule has 1 N–H and O–H groups in total. The monoisotopic (exact) mass is 492 g/mol. The number of hydrogen-bond donors (Lipinski definition) is 1. The van der Waals surface area contributed by atoms with Crippen LogP contribution in [0.4, 0.5) is 0 Å². The summed E-state index contributed by atoms with van der Waals surface area (Å²) in [7, 11) is 3.61. The fraction of sp³-hybridized carbons (Fsp3) is 0.500. The van der Waals surface area contributed by atoms with Gasteiger partial charge in [-0.05, 0) is 32.0 Å². The zero-order valence-electron chi connectivity index (χ0n) is 21.5. The summed E-state index contributed by atoms with van der Waals surface area (Å²) in [6.45, 7) is 3.96. The minimum absolute atomic E-state index is 0.0452. The van der Waals surface area contributed by atoms with E-state index in [2.05, 4.69) is 20.2 Å². The normalized spacial score (nSPS) is 15.0. The average Bonchev–Trinajstić information content (AvgIpc) is 3.37. The molecule has 0 aliphatic carbocycles. The lowest BCUT2D eigenvalue weighted by molar-refractivity contribution is -0.129. The van der Waals surface area contributed by atoms with Crippen molar-refractivity contribution < 1.29 is 18.7 Å². The summed E-state index contributed by atoms with van der Waals surface area (Å²) >= 11 is 0. The van der Waals surface area contributed by atoms with Crippen LogP contribution in [0.5, 0.6) is 5.88 Å². The Morgan fingerprint density at radius 3 is 2.78 bits per heavy atom. The molecular formula is C28H36N4O4. The number of ether oxygens (including phenoxy) is 1. The van der Waals surface area contributed by atoms with Crippen LogP contribution in [0.1, 0.15) is 57.3 Å². The molecule has 8 heteroatoms. The third kappa shape index (κ3) is 6.29. The number of amides is 1. The van der Waals surface area contributed by atoms with Crippen molar-refractivity contribution in [2.45, 2.75) is 51.4 Å². The average molecular weight is 493 g/mol. The largest absolute Gasteiger partial charge is 0.480 e. The molecule has 1 saturated heterocycles. The van der Waals surface area contributed by atoms with Crippen LogP contribution in [0.2, 0.25) is 0 Å². The second kappa shape index (κ2) is 12.1. The predicted molar refractivity (Wildman–Crippen MR) is 139 cm³/mol. The number of carbonyl (C=O) groups excluding carboxylic acids is 2. The van der Waals surface area contributed by atoms with Crippen molar-refractivity contribution in [3.63, 3.8) is 0 Å². The molecule has 0 spiro atoms. The highest BCUT2D eigenvalue weighted by molar-refractivity contribution is 5.85. The second-order valence-electron chi connectivity index (χ2n) is 9.65. The van der Waals surface area contributed by atoms with Crippen molar-refractivity contribution in [2.75, 3.05) is 33.8 Å². The van der Waals surface area contributed by atoms with E-state index in [1.165, 1.54) is 0 Å². The first-order chi connectivity index (χ1) is 17.5. The maximum atomic E-state index is 12.6. The molecule has 1 aromatic carbocycles. The minimum atomic E-state index is -0.0539. The first kappa shape index (κ1) is 25.8. The molecule has 1 unspecified atom stereocenters. The molecule has 0 radical (unpaired) electrons. The highest BCUT2D eigenvalue weighted by atomic mass is 16.5. The number of likely N-dealkylation sites (tertiary alicyclic amines) is 1. The van der Waals surface area contributed by atoms with Crippen molar-refractivity contribution in [3.05, 3.63) is 42.4 Å². The summed E-state index contributed by atoms with van der Waals surface area (Å²) in [5, 5.41) is 4.10. The second-order valence-corrected chi connectivity index (χ2v) is 9.65. The predicted octanol–water partition coefficient (Wildman–Crippen LogP) is 4.59. The molecule has 36 heavy (non-hydrogen) atoms. The van der Waals surface area contributed by atoms with Crippen molar-refractivity contribution in [1.29, 1.82) is 0 Å². The number of oxazole rings is 1. The molecule has 1 fully saturated rings. The SMILES string of the molecule is CCC(=O)CCCCCC(CNC(=O)C1CN(C)C1)c1ncc(-c2cc3ccccc3nc2OC)o1. The van der Waals surface area contributed by atoms with Gasteiger partial charge in [-0.15, -0.1) is 0 Å². The lowest BCUT2D eigenvalue weighted by atomic mass is 9.97. The number of nitrogens with one attached hydrogen (secondary N) is 1. The van der Waals surface area contributed by atoms with E-state index in [4.69, 9.17) is 9.15 Å². The van der Waals surface area contributed by atoms with Crippen molar-refractivity contribution in [3.8, 4) is 17.2 Å². The number of methoxy groups -OCH3 is 1. The zero-order valence-corrected chi connectivity index (χ0v) is 21.5. The Bertz CT molecular complexity index is 1190. The zero-order chi connectivity index (χ0) is 25.5. The van der Waals surface area contributed by atoms with Gasteiger partial charge in [-0.25, -0.2) is 9.97 Å². The number of aromatic nitrogens is 2. The van der Waals surface area contributed by atoms with Gasteiger partial charge in [0.05, 0.1) is 36.2 Å². The van der Waals surface area contributed by atoms with Crippen LogP contribution >= 0.6 is 0 Å². The van der Waals surface area contributed by atoms with Crippen LogP contribution in [-0.2, 0) is 9.59 Å². The van der Waals surface area contributed by atoms with Crippen LogP contribution in [0.25, 0.3) is 22.2 Å². The number of hydrogen-bond acceptors (Lipinski definition) is 7. The summed E-state index contributed by atoms with van der Waals surface area (Å²) in [5.41, 5.74) is 1.59. The van der Waals surface area contributed by atoms with Gasteiger partial charge in [-0.2, -0.15) is 0 Å². The van der Waals surface area contributed by atoms with Gasteiger partial charge in [0.2, 0.25) is 11.8 Å².